The summed E-state index contributed by atoms with van der Waals surface area (Å²) in [6, 6.07) is 0.494. The lowest BCUT2D eigenvalue weighted by Gasteiger charge is -2.36. The average molecular weight is 347 g/mol. The minimum Gasteiger partial charge on any atom is -0.356 e. The summed E-state index contributed by atoms with van der Waals surface area (Å²) in [4.78, 5) is 27.6. The second kappa shape index (κ2) is 7.33. The van der Waals surface area contributed by atoms with Crippen molar-refractivity contribution in [3.63, 3.8) is 0 Å². The fourth-order valence-corrected chi connectivity index (χ4v) is 3.22. The number of aliphatic imine (C=N–C) groups is 1. The summed E-state index contributed by atoms with van der Waals surface area (Å²) in [5.41, 5.74) is 1.04. The number of nitrogens with zero attached hydrogens (tertiary/aromatic N) is 6. The summed E-state index contributed by atoms with van der Waals surface area (Å²) < 4.78 is 2.04. The zero-order valence-corrected chi connectivity index (χ0v) is 15.7. The summed E-state index contributed by atoms with van der Waals surface area (Å²) in [7, 11) is 5.95. The Labute approximate surface area is 149 Å². The number of imidazole rings is 1. The Kier molecular flexibility index (Phi) is 5.15. The smallest absolute Gasteiger partial charge is 0.242 e. The molecule has 25 heavy (non-hydrogen) atoms. The Hall–Kier alpha value is -2.25. The first-order chi connectivity index (χ1) is 12.0. The van der Waals surface area contributed by atoms with Gasteiger partial charge in [-0.3, -0.25) is 4.79 Å². The Morgan fingerprint density at radius 2 is 2.16 bits per heavy atom. The highest BCUT2D eigenvalue weighted by Gasteiger charge is 2.36. The Morgan fingerprint density at radius 3 is 2.72 bits per heavy atom. The van der Waals surface area contributed by atoms with Crippen LogP contribution in [0.3, 0.4) is 0 Å². The van der Waals surface area contributed by atoms with Crippen LogP contribution < -0.4 is 10.2 Å². The molecule has 0 radical (unpaired) electrons. The van der Waals surface area contributed by atoms with Gasteiger partial charge < -0.3 is 24.6 Å². The highest BCUT2D eigenvalue weighted by atomic mass is 16.2. The van der Waals surface area contributed by atoms with Crippen LogP contribution in [0.1, 0.15) is 25.5 Å². The molecule has 8 heteroatoms. The van der Waals surface area contributed by atoms with E-state index in [1.165, 1.54) is 0 Å². The molecule has 1 saturated carbocycles. The van der Waals surface area contributed by atoms with E-state index in [-0.39, 0.29) is 5.91 Å². The van der Waals surface area contributed by atoms with Gasteiger partial charge in [-0.15, -0.1) is 0 Å². The van der Waals surface area contributed by atoms with E-state index < -0.39 is 0 Å². The third kappa shape index (κ3) is 3.88. The molecule has 1 saturated heterocycles. The van der Waals surface area contributed by atoms with Crippen molar-refractivity contribution in [2.24, 2.45) is 12.0 Å². The van der Waals surface area contributed by atoms with Gasteiger partial charge in [0.1, 0.15) is 0 Å². The maximum atomic E-state index is 12.4. The number of carbonyl (C=O) groups is 1. The molecule has 1 N–H and O–H groups in total. The highest BCUT2D eigenvalue weighted by molar-refractivity contribution is 5.88. The van der Waals surface area contributed by atoms with E-state index in [0.717, 1.165) is 50.1 Å². The van der Waals surface area contributed by atoms with E-state index in [1.807, 2.05) is 48.6 Å². The molecular formula is C17H29N7O. The van der Waals surface area contributed by atoms with Gasteiger partial charge in [0, 0.05) is 46.8 Å². The van der Waals surface area contributed by atoms with Gasteiger partial charge >= 0.3 is 0 Å². The molecule has 0 aromatic carbocycles. The fourth-order valence-electron chi connectivity index (χ4n) is 3.22. The largest absolute Gasteiger partial charge is 0.356 e. The normalized spacial score (nSPS) is 18.7. The zero-order valence-electron chi connectivity index (χ0n) is 15.7. The predicted molar refractivity (Wildman–Crippen MR) is 98.7 cm³/mol. The summed E-state index contributed by atoms with van der Waals surface area (Å²) in [5.74, 6) is 1.93. The first-order valence-electron chi connectivity index (χ1n) is 9.02. The summed E-state index contributed by atoms with van der Waals surface area (Å²) in [5, 5.41) is 3.32. The third-order valence-electron chi connectivity index (χ3n) is 4.73. The topological polar surface area (TPSA) is 69.0 Å². The van der Waals surface area contributed by atoms with E-state index in [2.05, 4.69) is 15.2 Å². The molecule has 1 amide bonds. The molecule has 1 aliphatic carbocycles. The molecule has 2 fully saturated rings. The van der Waals surface area contributed by atoms with E-state index in [9.17, 15) is 4.79 Å². The first kappa shape index (κ1) is 17.6. The van der Waals surface area contributed by atoms with Crippen LogP contribution in [0.5, 0.6) is 0 Å². The molecule has 1 aliphatic heterocycles. The van der Waals surface area contributed by atoms with Crippen LogP contribution in [-0.4, -0.2) is 77.5 Å². The minimum absolute atomic E-state index is 0.217. The van der Waals surface area contributed by atoms with E-state index in [4.69, 9.17) is 4.99 Å². The lowest BCUT2D eigenvalue weighted by molar-refractivity contribution is -0.135. The fraction of sp³-hybridized carbons (Fsp3) is 0.706. The number of rotatable bonds is 5. The summed E-state index contributed by atoms with van der Waals surface area (Å²) in [6.07, 6.45) is 4.18. The molecule has 3 rings (SSSR count). The zero-order chi connectivity index (χ0) is 18.0. The third-order valence-corrected chi connectivity index (χ3v) is 4.73. The molecule has 0 atom stereocenters. The van der Waals surface area contributed by atoms with Crippen LogP contribution >= 0.6 is 0 Å². The van der Waals surface area contributed by atoms with E-state index >= 15 is 0 Å². The summed E-state index contributed by atoms with van der Waals surface area (Å²) in [6.45, 7) is 5.41. The molecule has 0 spiro atoms. The SMILES string of the molecule is CCNC(=NCc1cnc(N(C)C)n1C)N1CCN(C2CC2)C(=O)C1. The monoisotopic (exact) mass is 347 g/mol. The molecule has 138 valence electrons. The maximum Gasteiger partial charge on any atom is 0.242 e. The molecular weight excluding hydrogens is 318 g/mol. The number of aromatic nitrogens is 2. The van der Waals surface area contributed by atoms with Crippen molar-refractivity contribution in [1.29, 1.82) is 0 Å². The Balaban J connectivity index is 1.68. The van der Waals surface area contributed by atoms with Gasteiger partial charge in [-0.2, -0.15) is 0 Å². The first-order valence-corrected chi connectivity index (χ1v) is 9.02. The minimum atomic E-state index is 0.217. The number of hydrogen-bond acceptors (Lipinski definition) is 4. The summed E-state index contributed by atoms with van der Waals surface area (Å²) >= 11 is 0. The number of anilines is 1. The quantitative estimate of drug-likeness (QED) is 0.611. The van der Waals surface area contributed by atoms with E-state index in [0.29, 0.717) is 19.1 Å². The molecule has 2 heterocycles. The lowest BCUT2D eigenvalue weighted by atomic mass is 10.3. The van der Waals surface area contributed by atoms with Crippen LogP contribution in [-0.2, 0) is 18.4 Å². The van der Waals surface area contributed by atoms with Crippen molar-refractivity contribution in [2.45, 2.75) is 32.4 Å². The van der Waals surface area contributed by atoms with Gasteiger partial charge in [0.25, 0.3) is 0 Å². The number of guanidine groups is 1. The predicted octanol–water partition coefficient (Wildman–Crippen LogP) is 0.258. The van der Waals surface area contributed by atoms with Crippen molar-refractivity contribution in [3.8, 4) is 0 Å². The van der Waals surface area contributed by atoms with Gasteiger partial charge in [0.15, 0.2) is 5.96 Å². The second-order valence-electron chi connectivity index (χ2n) is 6.91. The van der Waals surface area contributed by atoms with Crippen molar-refractivity contribution in [2.75, 3.05) is 45.2 Å². The molecule has 8 nitrogen and oxygen atoms in total. The highest BCUT2D eigenvalue weighted by Crippen LogP contribution is 2.28. The number of amides is 1. The van der Waals surface area contributed by atoms with Gasteiger partial charge in [-0.25, -0.2) is 9.98 Å². The molecule has 1 aromatic rings. The van der Waals surface area contributed by atoms with Crippen LogP contribution in [0.15, 0.2) is 11.2 Å². The maximum absolute atomic E-state index is 12.4. The van der Waals surface area contributed by atoms with Crippen molar-refractivity contribution < 1.29 is 4.79 Å². The van der Waals surface area contributed by atoms with Crippen molar-refractivity contribution >= 4 is 17.8 Å². The average Bonchev–Trinajstić information content (AvgIpc) is 3.34. The van der Waals surface area contributed by atoms with Crippen LogP contribution in [0.4, 0.5) is 5.95 Å². The number of piperazine rings is 1. The van der Waals surface area contributed by atoms with Crippen LogP contribution in [0.25, 0.3) is 0 Å². The van der Waals surface area contributed by atoms with Crippen molar-refractivity contribution in [3.05, 3.63) is 11.9 Å². The van der Waals surface area contributed by atoms with Crippen LogP contribution in [0, 0.1) is 0 Å². The lowest BCUT2D eigenvalue weighted by Crippen LogP contribution is -2.55. The Morgan fingerprint density at radius 1 is 1.40 bits per heavy atom. The van der Waals surface area contributed by atoms with Crippen molar-refractivity contribution in [1.82, 2.24) is 24.7 Å². The van der Waals surface area contributed by atoms with Gasteiger partial charge in [-0.1, -0.05) is 0 Å². The van der Waals surface area contributed by atoms with E-state index in [1.54, 1.807) is 0 Å². The number of hydrogen-bond donors (Lipinski definition) is 1. The second-order valence-corrected chi connectivity index (χ2v) is 6.91. The molecule has 0 bridgehead atoms. The number of nitrogens with one attached hydrogen (secondary N) is 1. The van der Waals surface area contributed by atoms with Gasteiger partial charge in [0.05, 0.1) is 25.0 Å². The van der Waals surface area contributed by atoms with Crippen LogP contribution in [0.2, 0.25) is 0 Å². The van der Waals surface area contributed by atoms with Gasteiger partial charge in [0.2, 0.25) is 11.9 Å². The molecule has 1 aromatic heterocycles. The molecule has 0 unspecified atom stereocenters. The number of carbonyl (C=O) groups excluding carboxylic acids is 1. The van der Waals surface area contributed by atoms with Gasteiger partial charge in [-0.05, 0) is 19.8 Å². The molecule has 2 aliphatic rings. The Bertz CT molecular complexity index is 647. The standard InChI is InChI=1S/C17H29N7O/c1-5-18-16(19-10-14-11-20-17(21(2)3)22(14)4)23-8-9-24(13-6-7-13)15(25)12-23/h11,13H,5-10,12H2,1-4H3,(H,18,19).